The first-order chi connectivity index (χ1) is 28.0. The zero-order chi connectivity index (χ0) is 43.5. The van der Waals surface area contributed by atoms with Gasteiger partial charge in [0.05, 0.1) is 30.4 Å². The number of aromatic hydroxyl groups is 1. The molecule has 0 bridgehead atoms. The summed E-state index contributed by atoms with van der Waals surface area (Å²) in [4.78, 5) is 10.7. The first-order valence-corrected chi connectivity index (χ1v) is 25.2. The van der Waals surface area contributed by atoms with Crippen molar-refractivity contribution >= 4 is 24.3 Å². The van der Waals surface area contributed by atoms with E-state index in [4.69, 9.17) is 9.97 Å². The van der Waals surface area contributed by atoms with Crippen LogP contribution in [0, 0.1) is 5.92 Å². The summed E-state index contributed by atoms with van der Waals surface area (Å²) in [5.74, 6) is 1.45. The fourth-order valence-corrected chi connectivity index (χ4v) is 9.82. The predicted octanol–water partition coefficient (Wildman–Crippen LogP) is 14.4. The summed E-state index contributed by atoms with van der Waals surface area (Å²) >= 11 is 0. The van der Waals surface area contributed by atoms with Crippen molar-refractivity contribution in [2.75, 3.05) is 0 Å². The number of para-hydroxylation sites is 2. The normalized spacial score (nSPS) is 12.8. The highest BCUT2D eigenvalue weighted by Gasteiger charge is 2.26. The molecule has 0 amide bonds. The van der Waals surface area contributed by atoms with Gasteiger partial charge >= 0.3 is 0 Å². The van der Waals surface area contributed by atoms with Crippen molar-refractivity contribution in [1.29, 1.82) is 0 Å². The number of phenols is 1. The lowest BCUT2D eigenvalue weighted by atomic mass is 9.78. The molecule has 310 valence electrons. The highest BCUT2D eigenvalue weighted by atomic mass is 28.3. The average Bonchev–Trinajstić information content (AvgIpc) is 3.56. The first kappa shape index (κ1) is 42.8. The number of benzene rings is 5. The lowest BCUT2D eigenvalue weighted by molar-refractivity contribution is 0.475. The minimum Gasteiger partial charge on any atom is -0.507 e. The molecule has 5 aromatic carbocycles. The van der Waals surface area contributed by atoms with E-state index in [1.165, 1.54) is 27.4 Å². The average molecular weight is 812 g/mol. The number of phenolic OH excluding ortho intramolecular Hbond substituents is 1. The fraction of sp³-hybridized carbons (Fsp3) is 0.345. The van der Waals surface area contributed by atoms with Crippen LogP contribution in [0.25, 0.3) is 61.6 Å². The van der Waals surface area contributed by atoms with Crippen LogP contribution in [0.1, 0.15) is 98.4 Å². The molecule has 0 spiro atoms. The van der Waals surface area contributed by atoms with Gasteiger partial charge in [0.2, 0.25) is 0 Å². The number of imidazole rings is 1. The number of aromatic nitrogens is 3. The van der Waals surface area contributed by atoms with E-state index >= 15 is 0 Å². The van der Waals surface area contributed by atoms with Gasteiger partial charge in [-0.25, -0.2) is 4.98 Å². The molecule has 4 nitrogen and oxygen atoms in total. The number of fused-ring (bicyclic) bond motifs is 1. The van der Waals surface area contributed by atoms with Gasteiger partial charge in [-0.15, -0.1) is 0 Å². The second-order valence-corrected chi connectivity index (χ2v) is 26.5. The van der Waals surface area contributed by atoms with E-state index in [-0.39, 0.29) is 22.0 Å². The van der Waals surface area contributed by atoms with Crippen LogP contribution in [-0.4, -0.2) is 27.7 Å². The Hall–Kier alpha value is -5.26. The van der Waals surface area contributed by atoms with Crippen LogP contribution in [-0.2, 0) is 22.7 Å². The van der Waals surface area contributed by atoms with Gasteiger partial charge in [0.15, 0.2) is 0 Å². The van der Waals surface area contributed by atoms with E-state index in [0.29, 0.717) is 17.3 Å². The number of pyridine rings is 1. The molecule has 0 radical (unpaired) electrons. The summed E-state index contributed by atoms with van der Waals surface area (Å²) in [6.07, 6.45) is 3.20. The van der Waals surface area contributed by atoms with Crippen molar-refractivity contribution in [2.24, 2.45) is 5.92 Å². The third kappa shape index (κ3) is 8.79. The minimum atomic E-state index is -1.64. The maximum absolute atomic E-state index is 11.5. The highest BCUT2D eigenvalue weighted by Crippen LogP contribution is 2.42. The van der Waals surface area contributed by atoms with Crippen LogP contribution >= 0.6 is 0 Å². The number of nitrogens with zero attached hydrogens (tertiary/aromatic N) is 3. The molecule has 0 atom stereocenters. The second kappa shape index (κ2) is 15.6. The van der Waals surface area contributed by atoms with E-state index < -0.39 is 8.07 Å². The van der Waals surface area contributed by atoms with Gasteiger partial charge in [0, 0.05) is 23.0 Å². The first-order valence-electron chi connectivity index (χ1n) is 21.7. The standard InChI is InChI=1S/C55H65N3OSi/c1-35(2)25-40-31-47(56-34-50(40)60(12,13)14)39-27-36(37-29-42(54(6,7)8)32-43(30-37)55(9,10)11)26-38(28-39)45-21-18-22-48-51(45)57-52(58(48)44-19-16-15-17-20-44)46-33-41(53(3,4)5)23-24-49(46)59/h15-24,26-35,59H,25H2,1-14H3. The van der Waals surface area contributed by atoms with Crippen LogP contribution in [0.4, 0.5) is 0 Å². The van der Waals surface area contributed by atoms with Gasteiger partial charge in [0.25, 0.3) is 0 Å². The lowest BCUT2D eigenvalue weighted by Gasteiger charge is -2.26. The third-order valence-corrected chi connectivity index (χ3v) is 13.8. The summed E-state index contributed by atoms with van der Waals surface area (Å²) in [6.45, 7) is 32.3. The van der Waals surface area contributed by atoms with Gasteiger partial charge in [-0.1, -0.05) is 150 Å². The molecule has 60 heavy (non-hydrogen) atoms. The Morgan fingerprint density at radius 1 is 0.600 bits per heavy atom. The van der Waals surface area contributed by atoms with Crippen LogP contribution in [0.15, 0.2) is 115 Å². The van der Waals surface area contributed by atoms with Crippen molar-refractivity contribution in [3.8, 4) is 56.3 Å². The summed E-state index contributed by atoms with van der Waals surface area (Å²) in [5, 5.41) is 12.9. The Balaban J connectivity index is 1.55. The molecule has 7 rings (SSSR count). The van der Waals surface area contributed by atoms with E-state index in [0.717, 1.165) is 56.7 Å². The molecule has 1 N–H and O–H groups in total. The van der Waals surface area contributed by atoms with Gasteiger partial charge in [-0.05, 0) is 127 Å². The highest BCUT2D eigenvalue weighted by molar-refractivity contribution is 6.89. The largest absolute Gasteiger partial charge is 0.507 e. The zero-order valence-corrected chi connectivity index (χ0v) is 39.5. The summed E-state index contributed by atoms with van der Waals surface area (Å²) in [5.41, 5.74) is 15.1. The van der Waals surface area contributed by atoms with Crippen molar-refractivity contribution < 1.29 is 5.11 Å². The van der Waals surface area contributed by atoms with Crippen LogP contribution in [0.3, 0.4) is 0 Å². The Labute approximate surface area is 360 Å². The maximum atomic E-state index is 11.5. The molecule has 2 aromatic heterocycles. The third-order valence-electron chi connectivity index (χ3n) is 11.8. The molecule has 0 saturated carbocycles. The molecule has 0 aliphatic heterocycles. The summed E-state index contributed by atoms with van der Waals surface area (Å²) in [6, 6.07) is 39.3. The second-order valence-electron chi connectivity index (χ2n) is 21.4. The maximum Gasteiger partial charge on any atom is 0.149 e. The van der Waals surface area contributed by atoms with Crippen molar-refractivity contribution in [3.05, 3.63) is 138 Å². The smallest absolute Gasteiger partial charge is 0.149 e. The number of hydrogen-bond donors (Lipinski definition) is 1. The Bertz CT molecular complexity index is 2660. The van der Waals surface area contributed by atoms with E-state index in [2.05, 4.69) is 198 Å². The minimum absolute atomic E-state index is 0.0292. The number of rotatable bonds is 8. The summed E-state index contributed by atoms with van der Waals surface area (Å²) in [7, 11) is -1.64. The fourth-order valence-electron chi connectivity index (χ4n) is 8.23. The summed E-state index contributed by atoms with van der Waals surface area (Å²) < 4.78 is 2.20. The van der Waals surface area contributed by atoms with Gasteiger partial charge in [0.1, 0.15) is 11.6 Å². The van der Waals surface area contributed by atoms with E-state index in [9.17, 15) is 5.11 Å². The molecule has 0 saturated heterocycles. The number of hydrogen-bond acceptors (Lipinski definition) is 3. The SMILES string of the molecule is CC(C)Cc1cc(-c2cc(-c3cc(C(C)(C)C)cc(C(C)(C)C)c3)cc(-c3cccc4c3nc(-c3cc(C(C)(C)C)ccc3O)n4-c3ccccc3)c2)ncc1[Si](C)(C)C. The Kier molecular flexibility index (Phi) is 11.2. The molecule has 5 heteroatoms. The van der Waals surface area contributed by atoms with Gasteiger partial charge < -0.3 is 5.11 Å². The predicted molar refractivity (Wildman–Crippen MR) is 260 cm³/mol. The van der Waals surface area contributed by atoms with Crippen LogP contribution in [0.5, 0.6) is 5.75 Å². The Morgan fingerprint density at radius 3 is 1.80 bits per heavy atom. The molecule has 2 heterocycles. The molecule has 0 fully saturated rings. The topological polar surface area (TPSA) is 50.9 Å². The van der Waals surface area contributed by atoms with Crippen LogP contribution in [0.2, 0.25) is 19.6 Å². The molecular formula is C55H65N3OSi. The monoisotopic (exact) mass is 811 g/mol. The molecule has 0 unspecified atom stereocenters. The molecule has 0 aliphatic carbocycles. The molecule has 0 aliphatic rings. The van der Waals surface area contributed by atoms with Gasteiger partial charge in [-0.3, -0.25) is 9.55 Å². The lowest BCUT2D eigenvalue weighted by Crippen LogP contribution is -2.40. The van der Waals surface area contributed by atoms with E-state index in [1.807, 2.05) is 18.2 Å². The molecular weight excluding hydrogens is 747 g/mol. The van der Waals surface area contributed by atoms with Crippen molar-refractivity contribution in [3.63, 3.8) is 0 Å². The Morgan fingerprint density at radius 2 is 1.20 bits per heavy atom. The van der Waals surface area contributed by atoms with Gasteiger partial charge in [-0.2, -0.15) is 0 Å². The zero-order valence-electron chi connectivity index (χ0n) is 38.5. The quantitative estimate of drug-likeness (QED) is 0.156. The van der Waals surface area contributed by atoms with Crippen LogP contribution < -0.4 is 5.19 Å². The molecule has 7 aromatic rings. The van der Waals surface area contributed by atoms with Crippen molar-refractivity contribution in [1.82, 2.24) is 14.5 Å². The van der Waals surface area contributed by atoms with E-state index in [1.54, 1.807) is 0 Å². The van der Waals surface area contributed by atoms with Crippen molar-refractivity contribution in [2.45, 2.75) is 118 Å².